The van der Waals surface area contributed by atoms with E-state index in [2.05, 4.69) is 64.0 Å². The minimum Gasteiger partial charge on any atom is -0.508 e. The molecule has 2 aromatic carbocycles. The van der Waals surface area contributed by atoms with Crippen molar-refractivity contribution in [1.82, 2.24) is 10.6 Å². The van der Waals surface area contributed by atoms with Gasteiger partial charge in [-0.25, -0.2) is 4.99 Å². The fourth-order valence-electron chi connectivity index (χ4n) is 2.84. The molecule has 29 heavy (non-hydrogen) atoms. The van der Waals surface area contributed by atoms with Gasteiger partial charge in [0.05, 0.1) is 0 Å². The summed E-state index contributed by atoms with van der Waals surface area (Å²) in [7, 11) is 0. The van der Waals surface area contributed by atoms with E-state index in [-0.39, 0.29) is 18.2 Å². The van der Waals surface area contributed by atoms with Gasteiger partial charge in [-0.05, 0) is 62.7 Å². The van der Waals surface area contributed by atoms with Crippen molar-refractivity contribution < 1.29 is 9.90 Å². The first-order chi connectivity index (χ1) is 14.0. The van der Waals surface area contributed by atoms with Gasteiger partial charge in [0.2, 0.25) is 5.91 Å². The minimum absolute atomic E-state index is 0.00554. The average Bonchev–Trinajstić information content (AvgIpc) is 2.71. The molecule has 0 atom stereocenters. The molecule has 2 rings (SSSR count). The maximum Gasteiger partial charge on any atom is 0.246 e. The van der Waals surface area contributed by atoms with E-state index in [0.717, 1.165) is 13.1 Å². The van der Waals surface area contributed by atoms with Gasteiger partial charge in [-0.3, -0.25) is 4.79 Å². The Morgan fingerprint density at radius 2 is 1.86 bits per heavy atom. The Morgan fingerprint density at radius 1 is 1.10 bits per heavy atom. The molecule has 0 unspecified atom stereocenters. The number of phenolic OH excluding ortho intramolecular Hbond substituents is 1. The second kappa shape index (κ2) is 11.6. The number of rotatable bonds is 9. The zero-order valence-electron chi connectivity index (χ0n) is 17.4. The van der Waals surface area contributed by atoms with Crippen LogP contribution < -0.4 is 20.9 Å². The van der Waals surface area contributed by atoms with E-state index < -0.39 is 0 Å². The molecule has 4 N–H and O–H groups in total. The van der Waals surface area contributed by atoms with Gasteiger partial charge >= 0.3 is 0 Å². The van der Waals surface area contributed by atoms with E-state index in [4.69, 9.17) is 0 Å². The number of guanidine groups is 1. The highest BCUT2D eigenvalue weighted by atomic mass is 16.3. The normalized spacial score (nSPS) is 11.1. The van der Waals surface area contributed by atoms with Crippen molar-refractivity contribution in [3.05, 3.63) is 54.1 Å². The Hall–Kier alpha value is -3.22. The molecule has 0 fully saturated rings. The van der Waals surface area contributed by atoms with Crippen LogP contribution in [0.2, 0.25) is 0 Å². The van der Waals surface area contributed by atoms with Crippen molar-refractivity contribution >= 4 is 23.2 Å². The number of carbonyl (C=O) groups is 1. The third-order valence-corrected chi connectivity index (χ3v) is 4.30. The van der Waals surface area contributed by atoms with Crippen LogP contribution in [0.15, 0.2) is 53.5 Å². The lowest BCUT2D eigenvalue weighted by molar-refractivity contribution is -0.114. The predicted octanol–water partition coefficient (Wildman–Crippen LogP) is 2.72. The number of benzene rings is 2. The van der Waals surface area contributed by atoms with Gasteiger partial charge in [0.15, 0.2) is 5.96 Å². The number of amides is 1. The van der Waals surface area contributed by atoms with Crippen molar-refractivity contribution in [2.45, 2.75) is 20.8 Å². The summed E-state index contributed by atoms with van der Waals surface area (Å²) in [6, 6.07) is 14.8. The number of nitrogens with zero attached hydrogens (tertiary/aromatic N) is 2. The smallest absolute Gasteiger partial charge is 0.246 e. The first kappa shape index (κ1) is 22.1. The maximum atomic E-state index is 12.1. The topological polar surface area (TPSA) is 89.0 Å². The van der Waals surface area contributed by atoms with Gasteiger partial charge in [0.25, 0.3) is 0 Å². The van der Waals surface area contributed by atoms with E-state index in [1.807, 2.05) is 6.92 Å². The number of hydrogen-bond donors (Lipinski definition) is 4. The molecule has 7 heteroatoms. The first-order valence-corrected chi connectivity index (χ1v) is 9.94. The highest BCUT2D eigenvalue weighted by molar-refractivity contribution is 5.94. The van der Waals surface area contributed by atoms with E-state index in [9.17, 15) is 9.90 Å². The molecular weight excluding hydrogens is 366 g/mol. The summed E-state index contributed by atoms with van der Waals surface area (Å²) in [5, 5.41) is 18.5. The molecule has 1 amide bonds. The van der Waals surface area contributed by atoms with Crippen LogP contribution in [0.5, 0.6) is 5.75 Å². The van der Waals surface area contributed by atoms with Gasteiger partial charge in [-0.2, -0.15) is 0 Å². The third-order valence-electron chi connectivity index (χ3n) is 4.30. The number of phenols is 1. The summed E-state index contributed by atoms with van der Waals surface area (Å²) in [5.41, 5.74) is 3.06. The molecule has 0 aliphatic heterocycles. The fourth-order valence-corrected chi connectivity index (χ4v) is 2.84. The monoisotopic (exact) mass is 397 g/mol. The summed E-state index contributed by atoms with van der Waals surface area (Å²) in [6.07, 6.45) is 0. The molecule has 0 bridgehead atoms. The van der Waals surface area contributed by atoms with Crippen LogP contribution in [0.3, 0.4) is 0 Å². The largest absolute Gasteiger partial charge is 0.508 e. The van der Waals surface area contributed by atoms with Gasteiger partial charge in [-0.1, -0.05) is 12.1 Å². The Labute approximate surface area is 172 Å². The van der Waals surface area contributed by atoms with E-state index >= 15 is 0 Å². The quantitative estimate of drug-likeness (QED) is 0.297. The van der Waals surface area contributed by atoms with Crippen LogP contribution in [-0.4, -0.2) is 49.7 Å². The summed E-state index contributed by atoms with van der Waals surface area (Å²) >= 11 is 0. The average molecular weight is 398 g/mol. The van der Waals surface area contributed by atoms with Gasteiger partial charge in [0, 0.05) is 37.6 Å². The lowest BCUT2D eigenvalue weighted by Gasteiger charge is -2.24. The van der Waals surface area contributed by atoms with Crippen LogP contribution in [0.25, 0.3) is 0 Å². The van der Waals surface area contributed by atoms with E-state index in [0.29, 0.717) is 24.7 Å². The number of aliphatic imine (C=N–C) groups is 1. The van der Waals surface area contributed by atoms with Gasteiger partial charge in [-0.15, -0.1) is 0 Å². The van der Waals surface area contributed by atoms with E-state index in [1.54, 1.807) is 12.1 Å². The summed E-state index contributed by atoms with van der Waals surface area (Å²) in [5.74, 6) is 0.544. The number of hydrogen-bond acceptors (Lipinski definition) is 4. The van der Waals surface area contributed by atoms with Gasteiger partial charge < -0.3 is 26.0 Å². The van der Waals surface area contributed by atoms with Crippen molar-refractivity contribution in [2.75, 3.05) is 42.9 Å². The second-order valence-electron chi connectivity index (χ2n) is 6.64. The summed E-state index contributed by atoms with van der Waals surface area (Å²) in [6.45, 7) is 9.36. The molecule has 0 aliphatic rings. The van der Waals surface area contributed by atoms with Crippen molar-refractivity contribution in [1.29, 1.82) is 0 Å². The predicted molar refractivity (Wildman–Crippen MR) is 120 cm³/mol. The number of likely N-dealkylation sites (N-methyl/N-ethyl adjacent to an activating group) is 1. The van der Waals surface area contributed by atoms with Crippen molar-refractivity contribution in [2.24, 2.45) is 4.99 Å². The van der Waals surface area contributed by atoms with Crippen molar-refractivity contribution in [3.8, 4) is 5.75 Å². The Kier molecular flexibility index (Phi) is 8.82. The molecule has 7 nitrogen and oxygen atoms in total. The van der Waals surface area contributed by atoms with Gasteiger partial charge in [0.1, 0.15) is 12.3 Å². The molecule has 0 saturated heterocycles. The number of carbonyl (C=O) groups excluding carboxylic acids is 1. The molecule has 0 radical (unpaired) electrons. The zero-order valence-corrected chi connectivity index (χ0v) is 17.4. The summed E-state index contributed by atoms with van der Waals surface area (Å²) in [4.78, 5) is 18.8. The van der Waals surface area contributed by atoms with Crippen LogP contribution in [0, 0.1) is 6.92 Å². The third kappa shape index (κ3) is 7.73. The number of aromatic hydroxyl groups is 1. The van der Waals surface area contributed by atoms with Crippen LogP contribution in [0.1, 0.15) is 19.4 Å². The molecule has 0 spiro atoms. The van der Waals surface area contributed by atoms with Crippen LogP contribution in [-0.2, 0) is 4.79 Å². The minimum atomic E-state index is -0.220. The maximum absolute atomic E-state index is 12.1. The number of anilines is 2. The molecule has 0 heterocycles. The Bertz CT molecular complexity index is 805. The first-order valence-electron chi connectivity index (χ1n) is 9.94. The number of nitrogens with one attached hydrogen (secondary N) is 3. The molecule has 0 saturated carbocycles. The molecule has 2 aromatic rings. The van der Waals surface area contributed by atoms with Crippen LogP contribution >= 0.6 is 0 Å². The molecule has 156 valence electrons. The fraction of sp³-hybridized carbons (Fsp3) is 0.364. The van der Waals surface area contributed by atoms with Crippen LogP contribution in [0.4, 0.5) is 11.4 Å². The highest BCUT2D eigenvalue weighted by Gasteiger charge is 2.06. The zero-order chi connectivity index (χ0) is 21.1. The SMILES string of the molecule is CCNC(=NCC(=O)Nc1ccc(O)cc1)NCCN(CC)c1cccc(C)c1. The summed E-state index contributed by atoms with van der Waals surface area (Å²) < 4.78 is 0. The highest BCUT2D eigenvalue weighted by Crippen LogP contribution is 2.15. The second-order valence-corrected chi connectivity index (χ2v) is 6.64. The molecule has 0 aromatic heterocycles. The molecular formula is C22H31N5O2. The Balaban J connectivity index is 1.86. The van der Waals surface area contributed by atoms with Crippen molar-refractivity contribution in [3.63, 3.8) is 0 Å². The standard InChI is InChI=1S/C22H31N5O2/c1-4-23-22(25-16-21(29)26-18-9-11-20(28)12-10-18)24-13-14-27(5-2)19-8-6-7-17(3)15-19/h6-12,15,28H,4-5,13-14,16H2,1-3H3,(H,26,29)(H2,23,24,25). The number of aryl methyl sites for hydroxylation is 1. The molecule has 0 aliphatic carbocycles. The lowest BCUT2D eigenvalue weighted by Crippen LogP contribution is -2.42. The lowest BCUT2D eigenvalue weighted by atomic mass is 10.2. The Morgan fingerprint density at radius 3 is 2.52 bits per heavy atom. The van der Waals surface area contributed by atoms with E-state index in [1.165, 1.54) is 23.4 Å².